The summed E-state index contributed by atoms with van der Waals surface area (Å²) in [5.41, 5.74) is 1.52. The van der Waals surface area contributed by atoms with E-state index in [1.807, 2.05) is 0 Å². The molecule has 2 amide bonds. The van der Waals surface area contributed by atoms with Gasteiger partial charge in [0.05, 0.1) is 5.54 Å². The summed E-state index contributed by atoms with van der Waals surface area (Å²) in [4.78, 5) is 16.7. The maximum Gasteiger partial charge on any atom is 0.318 e. The van der Waals surface area contributed by atoms with Crippen LogP contribution in [-0.2, 0) is 5.54 Å². The zero-order chi connectivity index (χ0) is 16.5. The van der Waals surface area contributed by atoms with E-state index in [0.717, 1.165) is 45.2 Å². The minimum Gasteiger partial charge on any atom is -0.336 e. The third-order valence-corrected chi connectivity index (χ3v) is 6.01. The molecule has 1 N–H and O–H groups in total. The van der Waals surface area contributed by atoms with Crippen LogP contribution in [0.5, 0.6) is 0 Å². The van der Waals surface area contributed by atoms with Crippen LogP contribution < -0.4 is 5.32 Å². The Morgan fingerprint density at radius 3 is 2.35 bits per heavy atom. The van der Waals surface area contributed by atoms with Gasteiger partial charge in [0.15, 0.2) is 0 Å². The van der Waals surface area contributed by atoms with Gasteiger partial charge in [-0.05, 0) is 51.8 Å². The van der Waals surface area contributed by atoms with Gasteiger partial charge in [0.2, 0.25) is 0 Å². The molecule has 3 rings (SSSR count). The van der Waals surface area contributed by atoms with E-state index in [0.29, 0.717) is 0 Å². The number of carbonyl (C=O) groups is 1. The summed E-state index contributed by atoms with van der Waals surface area (Å²) in [6, 6.07) is 11.0. The molecule has 1 saturated carbocycles. The topological polar surface area (TPSA) is 35.6 Å². The standard InChI is InChI=1S/C19H29N3O/c1-4-14-22-17(23)20-15-18(22)10-12-19(13-11-18,21(2)3)16-8-6-5-7-9-16/h5-9H,4,10-15H2,1-3H3,(H,20,23)/t18-,19+. The van der Waals surface area contributed by atoms with Gasteiger partial charge in [-0.1, -0.05) is 37.3 Å². The predicted molar refractivity (Wildman–Crippen MR) is 93.4 cm³/mol. The molecule has 1 aromatic carbocycles. The average molecular weight is 315 g/mol. The maximum absolute atomic E-state index is 12.2. The lowest BCUT2D eigenvalue weighted by atomic mass is 9.68. The van der Waals surface area contributed by atoms with Gasteiger partial charge >= 0.3 is 6.03 Å². The van der Waals surface area contributed by atoms with Crippen LogP contribution in [0.4, 0.5) is 4.79 Å². The first kappa shape index (κ1) is 16.3. The number of rotatable bonds is 4. The van der Waals surface area contributed by atoms with Gasteiger partial charge in [-0.3, -0.25) is 4.90 Å². The van der Waals surface area contributed by atoms with E-state index in [1.54, 1.807) is 0 Å². The Morgan fingerprint density at radius 1 is 1.13 bits per heavy atom. The van der Waals surface area contributed by atoms with Crippen LogP contribution in [0.3, 0.4) is 0 Å². The quantitative estimate of drug-likeness (QED) is 0.926. The third-order valence-electron chi connectivity index (χ3n) is 6.01. The second-order valence-electron chi connectivity index (χ2n) is 7.33. The van der Waals surface area contributed by atoms with Crippen molar-refractivity contribution in [2.75, 3.05) is 27.2 Å². The van der Waals surface area contributed by atoms with E-state index in [9.17, 15) is 4.79 Å². The van der Waals surface area contributed by atoms with Crippen LogP contribution in [0, 0.1) is 0 Å². The SMILES string of the molecule is CCCN1C(=O)NC[C@]12CC[C@](c1ccccc1)(N(C)C)CC2. The summed E-state index contributed by atoms with van der Waals surface area (Å²) < 4.78 is 0. The van der Waals surface area contributed by atoms with Crippen molar-refractivity contribution in [3.05, 3.63) is 35.9 Å². The van der Waals surface area contributed by atoms with Crippen LogP contribution in [0.1, 0.15) is 44.6 Å². The fourth-order valence-corrected chi connectivity index (χ4v) is 4.53. The number of hydrogen-bond donors (Lipinski definition) is 1. The highest BCUT2D eigenvalue weighted by Crippen LogP contribution is 2.47. The molecule has 0 bridgehead atoms. The molecule has 1 aromatic rings. The van der Waals surface area contributed by atoms with Crippen LogP contribution in [0.2, 0.25) is 0 Å². The van der Waals surface area contributed by atoms with Crippen molar-refractivity contribution in [2.45, 2.75) is 50.1 Å². The zero-order valence-electron chi connectivity index (χ0n) is 14.6. The molecular formula is C19H29N3O. The van der Waals surface area contributed by atoms with Gasteiger partial charge in [0, 0.05) is 18.6 Å². The highest BCUT2D eigenvalue weighted by atomic mass is 16.2. The summed E-state index contributed by atoms with van der Waals surface area (Å²) in [6.45, 7) is 3.83. The van der Waals surface area contributed by atoms with Crippen LogP contribution in [-0.4, -0.2) is 48.6 Å². The fraction of sp³-hybridized carbons (Fsp3) is 0.632. The molecule has 4 heteroatoms. The molecule has 23 heavy (non-hydrogen) atoms. The van der Waals surface area contributed by atoms with E-state index in [-0.39, 0.29) is 17.1 Å². The number of urea groups is 1. The van der Waals surface area contributed by atoms with Gasteiger partial charge in [0.1, 0.15) is 0 Å². The largest absolute Gasteiger partial charge is 0.336 e. The normalized spacial score (nSPS) is 31.0. The van der Waals surface area contributed by atoms with Crippen molar-refractivity contribution in [3.8, 4) is 0 Å². The van der Waals surface area contributed by atoms with Crippen molar-refractivity contribution >= 4 is 6.03 Å². The van der Waals surface area contributed by atoms with Crippen molar-refractivity contribution in [1.29, 1.82) is 0 Å². The lowest BCUT2D eigenvalue weighted by Crippen LogP contribution is -2.55. The third kappa shape index (κ3) is 2.63. The molecule has 126 valence electrons. The maximum atomic E-state index is 12.2. The van der Waals surface area contributed by atoms with E-state index in [1.165, 1.54) is 5.56 Å². The molecule has 0 atom stereocenters. The number of nitrogens with one attached hydrogen (secondary N) is 1. The molecule has 1 saturated heterocycles. The lowest BCUT2D eigenvalue weighted by molar-refractivity contribution is 0.0261. The monoisotopic (exact) mass is 315 g/mol. The van der Waals surface area contributed by atoms with Crippen LogP contribution >= 0.6 is 0 Å². The van der Waals surface area contributed by atoms with Gasteiger partial charge in [0.25, 0.3) is 0 Å². The number of hydrogen-bond acceptors (Lipinski definition) is 2. The van der Waals surface area contributed by atoms with E-state index < -0.39 is 0 Å². The first-order valence-electron chi connectivity index (χ1n) is 8.82. The molecule has 2 aliphatic rings. The Labute approximate surface area is 139 Å². The van der Waals surface area contributed by atoms with Crippen LogP contribution in [0.15, 0.2) is 30.3 Å². The Balaban J connectivity index is 1.85. The first-order chi connectivity index (χ1) is 11.0. The second kappa shape index (κ2) is 6.16. The van der Waals surface area contributed by atoms with E-state index >= 15 is 0 Å². The van der Waals surface area contributed by atoms with Crippen molar-refractivity contribution in [1.82, 2.24) is 15.1 Å². The molecule has 4 nitrogen and oxygen atoms in total. The lowest BCUT2D eigenvalue weighted by Gasteiger charge is -2.51. The molecule has 0 unspecified atom stereocenters. The summed E-state index contributed by atoms with van der Waals surface area (Å²) in [6.07, 6.45) is 5.35. The Hall–Kier alpha value is -1.55. The molecule has 0 radical (unpaired) electrons. The molecule has 1 aliphatic carbocycles. The highest BCUT2D eigenvalue weighted by molar-refractivity contribution is 5.78. The first-order valence-corrected chi connectivity index (χ1v) is 8.82. The number of benzene rings is 1. The van der Waals surface area contributed by atoms with Gasteiger partial charge < -0.3 is 10.2 Å². The number of amides is 2. The molecule has 0 aromatic heterocycles. The fourth-order valence-electron chi connectivity index (χ4n) is 4.53. The van der Waals surface area contributed by atoms with Gasteiger partial charge in [-0.15, -0.1) is 0 Å². The van der Waals surface area contributed by atoms with Crippen molar-refractivity contribution < 1.29 is 4.79 Å². The summed E-state index contributed by atoms with van der Waals surface area (Å²) in [7, 11) is 4.37. The minimum absolute atomic E-state index is 0.0292. The smallest absolute Gasteiger partial charge is 0.318 e. The van der Waals surface area contributed by atoms with Gasteiger partial charge in [-0.25, -0.2) is 4.79 Å². The zero-order valence-corrected chi connectivity index (χ0v) is 14.6. The van der Waals surface area contributed by atoms with Crippen LogP contribution in [0.25, 0.3) is 0 Å². The van der Waals surface area contributed by atoms with Gasteiger partial charge in [-0.2, -0.15) is 0 Å². The number of nitrogens with zero attached hydrogens (tertiary/aromatic N) is 2. The Bertz CT molecular complexity index is 547. The Kier molecular flexibility index (Phi) is 4.37. The predicted octanol–water partition coefficient (Wildman–Crippen LogP) is 3.19. The molecular weight excluding hydrogens is 286 g/mol. The Morgan fingerprint density at radius 2 is 1.78 bits per heavy atom. The summed E-state index contributed by atoms with van der Waals surface area (Å²) >= 11 is 0. The van der Waals surface area contributed by atoms with Crippen molar-refractivity contribution in [2.24, 2.45) is 0 Å². The molecule has 1 heterocycles. The summed E-state index contributed by atoms with van der Waals surface area (Å²) in [5.74, 6) is 0. The van der Waals surface area contributed by atoms with Crippen molar-refractivity contribution in [3.63, 3.8) is 0 Å². The van der Waals surface area contributed by atoms with E-state index in [4.69, 9.17) is 0 Å². The number of carbonyl (C=O) groups excluding carboxylic acids is 1. The molecule has 1 spiro atoms. The molecule has 1 aliphatic heterocycles. The van der Waals surface area contributed by atoms with E-state index in [2.05, 4.69) is 66.5 Å². The molecule has 2 fully saturated rings. The average Bonchev–Trinajstić information content (AvgIpc) is 2.87. The minimum atomic E-state index is 0.0292. The highest BCUT2D eigenvalue weighted by Gasteiger charge is 2.51. The second-order valence-corrected chi connectivity index (χ2v) is 7.33. The summed E-state index contributed by atoms with van der Waals surface area (Å²) in [5, 5.41) is 3.08.